The van der Waals surface area contributed by atoms with Gasteiger partial charge in [0.25, 0.3) is 6.01 Å². The van der Waals surface area contributed by atoms with Crippen LogP contribution in [0.2, 0.25) is 0 Å². The number of hydrogen-bond acceptors (Lipinski definition) is 5. The minimum absolute atomic E-state index is 0.676. The SMILES string of the molecule is CN(Cc1csc(Br)c1)c1nc(CNC2CC2)co1. The van der Waals surface area contributed by atoms with Crippen molar-refractivity contribution in [3.63, 3.8) is 0 Å². The highest BCUT2D eigenvalue weighted by Gasteiger charge is 2.20. The number of nitrogens with one attached hydrogen (secondary N) is 1. The second-order valence-corrected chi connectivity index (χ2v) is 7.18. The third-order valence-electron chi connectivity index (χ3n) is 3.06. The molecule has 0 aliphatic heterocycles. The van der Waals surface area contributed by atoms with Gasteiger partial charge in [-0.25, -0.2) is 0 Å². The maximum absolute atomic E-state index is 5.52. The Labute approximate surface area is 125 Å². The first-order chi connectivity index (χ1) is 9.20. The van der Waals surface area contributed by atoms with Gasteiger partial charge in [0.15, 0.2) is 0 Å². The van der Waals surface area contributed by atoms with Crippen molar-refractivity contribution in [2.45, 2.75) is 32.0 Å². The molecule has 6 heteroatoms. The van der Waals surface area contributed by atoms with E-state index in [4.69, 9.17) is 4.42 Å². The van der Waals surface area contributed by atoms with Crippen LogP contribution in [0.1, 0.15) is 24.1 Å². The van der Waals surface area contributed by atoms with Crippen molar-refractivity contribution in [3.05, 3.63) is 32.8 Å². The van der Waals surface area contributed by atoms with Crippen molar-refractivity contribution in [1.82, 2.24) is 10.3 Å². The van der Waals surface area contributed by atoms with Crippen LogP contribution in [0.15, 0.2) is 25.9 Å². The van der Waals surface area contributed by atoms with E-state index in [1.165, 1.54) is 18.4 Å². The first-order valence-electron chi connectivity index (χ1n) is 6.32. The van der Waals surface area contributed by atoms with Crippen LogP contribution >= 0.6 is 27.3 Å². The van der Waals surface area contributed by atoms with Crippen LogP contribution in [0.25, 0.3) is 0 Å². The lowest BCUT2D eigenvalue weighted by atomic mass is 10.3. The number of oxazole rings is 1. The molecule has 0 amide bonds. The summed E-state index contributed by atoms with van der Waals surface area (Å²) in [6.45, 7) is 1.60. The van der Waals surface area contributed by atoms with Gasteiger partial charge in [-0.1, -0.05) is 0 Å². The first-order valence-corrected chi connectivity index (χ1v) is 8.00. The molecule has 102 valence electrons. The van der Waals surface area contributed by atoms with E-state index in [0.717, 1.165) is 22.6 Å². The zero-order valence-corrected chi connectivity index (χ0v) is 13.1. The molecule has 0 saturated heterocycles. The van der Waals surface area contributed by atoms with E-state index in [-0.39, 0.29) is 0 Å². The highest BCUT2D eigenvalue weighted by molar-refractivity contribution is 9.11. The van der Waals surface area contributed by atoms with Gasteiger partial charge in [0.1, 0.15) is 6.26 Å². The summed E-state index contributed by atoms with van der Waals surface area (Å²) >= 11 is 5.17. The van der Waals surface area contributed by atoms with E-state index < -0.39 is 0 Å². The van der Waals surface area contributed by atoms with E-state index in [9.17, 15) is 0 Å². The standard InChI is InChI=1S/C13H16BrN3OS/c1-17(6-9-4-12(14)19-8-9)13-16-11(7-18-13)5-15-10-2-3-10/h4,7-8,10,15H,2-3,5-6H2,1H3. The average molecular weight is 342 g/mol. The molecular weight excluding hydrogens is 326 g/mol. The topological polar surface area (TPSA) is 41.3 Å². The summed E-state index contributed by atoms with van der Waals surface area (Å²) in [5.74, 6) is 0. The molecule has 0 unspecified atom stereocenters. The smallest absolute Gasteiger partial charge is 0.297 e. The largest absolute Gasteiger partial charge is 0.432 e. The fourth-order valence-corrected chi connectivity index (χ4v) is 3.06. The van der Waals surface area contributed by atoms with Crippen molar-refractivity contribution in [3.8, 4) is 0 Å². The Kier molecular flexibility index (Phi) is 3.91. The minimum atomic E-state index is 0.676. The van der Waals surface area contributed by atoms with Crippen LogP contribution in [0.5, 0.6) is 0 Å². The highest BCUT2D eigenvalue weighted by Crippen LogP contribution is 2.23. The van der Waals surface area contributed by atoms with Gasteiger partial charge in [-0.05, 0) is 45.8 Å². The van der Waals surface area contributed by atoms with E-state index in [1.807, 2.05) is 11.9 Å². The number of nitrogens with zero attached hydrogens (tertiary/aromatic N) is 2. The predicted octanol–water partition coefficient (Wildman–Crippen LogP) is 3.39. The molecule has 0 aromatic carbocycles. The second-order valence-electron chi connectivity index (χ2n) is 4.89. The normalized spacial score (nSPS) is 14.8. The number of aromatic nitrogens is 1. The molecule has 3 rings (SSSR count). The van der Waals surface area contributed by atoms with Gasteiger partial charge in [-0.2, -0.15) is 4.98 Å². The summed E-state index contributed by atoms with van der Waals surface area (Å²) in [6.07, 6.45) is 4.32. The van der Waals surface area contributed by atoms with Crippen LogP contribution < -0.4 is 10.2 Å². The van der Waals surface area contributed by atoms with Gasteiger partial charge in [-0.15, -0.1) is 11.3 Å². The molecule has 1 aliphatic rings. The third-order valence-corrected chi connectivity index (χ3v) is 4.61. The molecule has 0 radical (unpaired) electrons. The van der Waals surface area contributed by atoms with Crippen LogP contribution in [0, 0.1) is 0 Å². The Hall–Kier alpha value is -0.850. The van der Waals surface area contributed by atoms with E-state index in [2.05, 4.69) is 37.7 Å². The Bertz CT molecular complexity index is 550. The molecule has 0 spiro atoms. The summed E-state index contributed by atoms with van der Waals surface area (Å²) in [4.78, 5) is 6.52. The van der Waals surface area contributed by atoms with Crippen LogP contribution in [0.4, 0.5) is 6.01 Å². The van der Waals surface area contributed by atoms with Crippen LogP contribution in [-0.4, -0.2) is 18.1 Å². The van der Waals surface area contributed by atoms with Gasteiger partial charge in [-0.3, -0.25) is 0 Å². The van der Waals surface area contributed by atoms with Gasteiger partial charge in [0, 0.05) is 26.2 Å². The Morgan fingerprint density at radius 3 is 3.11 bits per heavy atom. The second kappa shape index (κ2) is 5.64. The van der Waals surface area contributed by atoms with Gasteiger partial charge < -0.3 is 14.6 Å². The molecule has 2 heterocycles. The Morgan fingerprint density at radius 2 is 2.42 bits per heavy atom. The summed E-state index contributed by atoms with van der Waals surface area (Å²) in [5, 5.41) is 5.57. The Balaban J connectivity index is 1.57. The molecule has 1 fully saturated rings. The number of thiophene rings is 1. The quantitative estimate of drug-likeness (QED) is 0.874. The van der Waals surface area contributed by atoms with Crippen molar-refractivity contribution in [1.29, 1.82) is 0 Å². The number of hydrogen-bond donors (Lipinski definition) is 1. The molecule has 1 N–H and O–H groups in total. The van der Waals surface area contributed by atoms with Crippen LogP contribution in [0.3, 0.4) is 0 Å². The molecule has 4 nitrogen and oxygen atoms in total. The molecule has 19 heavy (non-hydrogen) atoms. The lowest BCUT2D eigenvalue weighted by Gasteiger charge is -2.12. The molecular formula is C13H16BrN3OS. The maximum Gasteiger partial charge on any atom is 0.297 e. The molecule has 0 atom stereocenters. The zero-order valence-electron chi connectivity index (χ0n) is 10.7. The van der Waals surface area contributed by atoms with E-state index in [0.29, 0.717) is 12.1 Å². The zero-order chi connectivity index (χ0) is 13.2. The predicted molar refractivity (Wildman–Crippen MR) is 80.5 cm³/mol. The molecule has 0 bridgehead atoms. The lowest BCUT2D eigenvalue weighted by Crippen LogP contribution is -2.17. The number of halogens is 1. The van der Waals surface area contributed by atoms with Gasteiger partial charge in [0.05, 0.1) is 9.48 Å². The summed E-state index contributed by atoms with van der Waals surface area (Å²) in [7, 11) is 2.00. The fraction of sp³-hybridized carbons (Fsp3) is 0.462. The maximum atomic E-state index is 5.52. The van der Waals surface area contributed by atoms with Crippen molar-refractivity contribution >= 4 is 33.3 Å². The van der Waals surface area contributed by atoms with Crippen molar-refractivity contribution < 1.29 is 4.42 Å². The average Bonchev–Trinajstić information content (AvgIpc) is 2.94. The number of rotatable bonds is 6. The number of anilines is 1. The summed E-state index contributed by atoms with van der Waals surface area (Å²) < 4.78 is 6.68. The van der Waals surface area contributed by atoms with E-state index in [1.54, 1.807) is 17.6 Å². The summed E-state index contributed by atoms with van der Waals surface area (Å²) in [5.41, 5.74) is 2.23. The van der Waals surface area contributed by atoms with Crippen molar-refractivity contribution in [2.24, 2.45) is 0 Å². The molecule has 1 saturated carbocycles. The molecule has 1 aliphatic carbocycles. The third kappa shape index (κ3) is 3.58. The van der Waals surface area contributed by atoms with Crippen molar-refractivity contribution in [2.75, 3.05) is 11.9 Å². The summed E-state index contributed by atoms with van der Waals surface area (Å²) in [6, 6.07) is 3.50. The first kappa shape index (κ1) is 13.1. The van der Waals surface area contributed by atoms with Gasteiger partial charge >= 0.3 is 0 Å². The Morgan fingerprint density at radius 1 is 1.58 bits per heavy atom. The molecule has 2 aromatic heterocycles. The monoisotopic (exact) mass is 341 g/mol. The highest BCUT2D eigenvalue weighted by atomic mass is 79.9. The minimum Gasteiger partial charge on any atom is -0.432 e. The van der Waals surface area contributed by atoms with Crippen LogP contribution in [-0.2, 0) is 13.1 Å². The van der Waals surface area contributed by atoms with E-state index >= 15 is 0 Å². The molecule has 2 aromatic rings. The fourth-order valence-electron chi connectivity index (χ4n) is 1.86. The lowest BCUT2D eigenvalue weighted by molar-refractivity contribution is 0.542. The van der Waals surface area contributed by atoms with Gasteiger partial charge in [0.2, 0.25) is 0 Å².